The van der Waals surface area contributed by atoms with Crippen LogP contribution in [0.4, 0.5) is 4.79 Å². The number of amides is 3. The highest BCUT2D eigenvalue weighted by Gasteiger charge is 2.53. The molecule has 2 aromatic carbocycles. The average Bonchev–Trinajstić information content (AvgIpc) is 2.98. The number of imide groups is 1. The van der Waals surface area contributed by atoms with Crippen LogP contribution in [0, 0.1) is 0 Å². The van der Waals surface area contributed by atoms with E-state index in [0.29, 0.717) is 19.7 Å². The van der Waals surface area contributed by atoms with Gasteiger partial charge in [0.25, 0.3) is 5.91 Å². The maximum atomic E-state index is 13.6. The van der Waals surface area contributed by atoms with Gasteiger partial charge in [-0.25, -0.2) is 9.69 Å². The lowest BCUT2D eigenvalue weighted by Crippen LogP contribution is -2.52. The number of piperazine rings is 1. The number of nitrogens with one attached hydrogen (secondary N) is 1. The molecule has 1 spiro atoms. The number of aryl methyl sites for hydroxylation is 1. The molecule has 3 amide bonds. The lowest BCUT2D eigenvalue weighted by molar-refractivity contribution is -0.133. The van der Waals surface area contributed by atoms with Crippen LogP contribution in [0.2, 0.25) is 0 Å². The van der Waals surface area contributed by atoms with Crippen molar-refractivity contribution in [2.24, 2.45) is 0 Å². The van der Waals surface area contributed by atoms with E-state index in [1.165, 1.54) is 10.5 Å². The van der Waals surface area contributed by atoms with Gasteiger partial charge in [-0.15, -0.1) is 0 Å². The molecule has 1 aliphatic carbocycles. The van der Waals surface area contributed by atoms with Crippen molar-refractivity contribution in [3.8, 4) is 5.75 Å². The zero-order chi connectivity index (χ0) is 22.7. The number of benzene rings is 2. The van der Waals surface area contributed by atoms with Gasteiger partial charge in [0.1, 0.15) is 17.9 Å². The van der Waals surface area contributed by atoms with Crippen molar-refractivity contribution in [3.05, 3.63) is 65.7 Å². The van der Waals surface area contributed by atoms with E-state index in [2.05, 4.69) is 21.2 Å². The highest BCUT2D eigenvalue weighted by Crippen LogP contribution is 2.39. The normalized spacial score (nSPS) is 23.9. The summed E-state index contributed by atoms with van der Waals surface area (Å²) in [5, 5.41) is 3.09. The van der Waals surface area contributed by atoms with Gasteiger partial charge in [-0.2, -0.15) is 0 Å². The Morgan fingerprint density at radius 2 is 1.61 bits per heavy atom. The quantitative estimate of drug-likeness (QED) is 0.689. The van der Waals surface area contributed by atoms with Crippen molar-refractivity contribution >= 4 is 11.9 Å². The Hall–Kier alpha value is -2.90. The van der Waals surface area contributed by atoms with Gasteiger partial charge >= 0.3 is 6.03 Å². The minimum atomic E-state index is -0.902. The molecule has 0 bridgehead atoms. The second kappa shape index (κ2) is 9.53. The van der Waals surface area contributed by atoms with Gasteiger partial charge in [0.2, 0.25) is 0 Å². The van der Waals surface area contributed by atoms with Crippen molar-refractivity contribution in [1.29, 1.82) is 0 Å². The maximum Gasteiger partial charge on any atom is 0.326 e. The van der Waals surface area contributed by atoms with Crippen LogP contribution in [0.25, 0.3) is 0 Å². The summed E-state index contributed by atoms with van der Waals surface area (Å²) >= 11 is 0. The highest BCUT2D eigenvalue weighted by molar-refractivity contribution is 6.07. The summed E-state index contributed by atoms with van der Waals surface area (Å²) in [6.07, 6.45) is 3.59. The minimum Gasteiger partial charge on any atom is -0.492 e. The van der Waals surface area contributed by atoms with Crippen molar-refractivity contribution in [2.75, 3.05) is 46.0 Å². The summed E-state index contributed by atoms with van der Waals surface area (Å²) in [6, 6.07) is 17.7. The Labute approximate surface area is 195 Å². The van der Waals surface area contributed by atoms with Crippen molar-refractivity contribution in [1.82, 2.24) is 20.0 Å². The molecule has 5 rings (SSSR count). The van der Waals surface area contributed by atoms with Gasteiger partial charge in [0.15, 0.2) is 0 Å². The van der Waals surface area contributed by atoms with E-state index in [1.54, 1.807) is 0 Å². The standard InChI is InChI=1S/C26H32N4O3/c31-24-26(13-7-6-9-21-8-4-5-12-23(21)26)27-25(32)30(24)20-29-16-14-28(15-17-29)18-19-33-22-10-2-1-3-11-22/h1-5,8,10-12H,6-7,9,13-20H2,(H,27,32)/t26-/m0/s1. The first-order valence-electron chi connectivity index (χ1n) is 12.0. The van der Waals surface area contributed by atoms with Crippen LogP contribution in [0.3, 0.4) is 0 Å². The molecule has 3 aliphatic rings. The summed E-state index contributed by atoms with van der Waals surface area (Å²) in [6.45, 7) is 5.32. The molecule has 7 heteroatoms. The third-order valence-corrected chi connectivity index (χ3v) is 7.13. The molecule has 33 heavy (non-hydrogen) atoms. The lowest BCUT2D eigenvalue weighted by atomic mass is 9.84. The molecule has 1 N–H and O–H groups in total. The maximum absolute atomic E-state index is 13.6. The number of fused-ring (bicyclic) bond motifs is 2. The summed E-state index contributed by atoms with van der Waals surface area (Å²) in [5.74, 6) is 0.796. The first kappa shape index (κ1) is 21.9. The second-order valence-corrected chi connectivity index (χ2v) is 9.20. The molecular weight excluding hydrogens is 416 g/mol. The molecule has 2 aromatic rings. The molecule has 1 atom stereocenters. The Bertz CT molecular complexity index is 990. The molecule has 2 aliphatic heterocycles. The number of hydrogen-bond acceptors (Lipinski definition) is 5. The molecule has 0 aromatic heterocycles. The number of para-hydroxylation sites is 1. The number of ether oxygens (including phenoxy) is 1. The number of urea groups is 1. The fourth-order valence-corrected chi connectivity index (χ4v) is 5.27. The minimum absolute atomic E-state index is 0.0967. The highest BCUT2D eigenvalue weighted by atomic mass is 16.5. The predicted molar refractivity (Wildman–Crippen MR) is 126 cm³/mol. The Balaban J connectivity index is 1.17. The van der Waals surface area contributed by atoms with Gasteiger partial charge in [-0.1, -0.05) is 42.5 Å². The number of carbonyl (C=O) groups excluding carboxylic acids is 2. The smallest absolute Gasteiger partial charge is 0.326 e. The fourth-order valence-electron chi connectivity index (χ4n) is 5.27. The van der Waals surface area contributed by atoms with Crippen molar-refractivity contribution < 1.29 is 14.3 Å². The SMILES string of the molecule is O=C1N[C@]2(CCCCc3ccccc32)C(=O)N1CN1CCN(CCOc2ccccc2)CC1. The zero-order valence-corrected chi connectivity index (χ0v) is 19.0. The van der Waals surface area contributed by atoms with Crippen LogP contribution in [0.5, 0.6) is 5.75 Å². The molecule has 2 fully saturated rings. The first-order valence-corrected chi connectivity index (χ1v) is 12.0. The van der Waals surface area contributed by atoms with E-state index in [0.717, 1.165) is 63.3 Å². The Morgan fingerprint density at radius 3 is 2.42 bits per heavy atom. The second-order valence-electron chi connectivity index (χ2n) is 9.20. The van der Waals surface area contributed by atoms with E-state index in [9.17, 15) is 9.59 Å². The topological polar surface area (TPSA) is 65.1 Å². The molecule has 0 unspecified atom stereocenters. The van der Waals surface area contributed by atoms with Crippen LogP contribution in [0.15, 0.2) is 54.6 Å². The van der Waals surface area contributed by atoms with Gasteiger partial charge in [-0.3, -0.25) is 14.6 Å². The van der Waals surface area contributed by atoms with Crippen molar-refractivity contribution in [3.63, 3.8) is 0 Å². The lowest BCUT2D eigenvalue weighted by Gasteiger charge is -2.36. The van der Waals surface area contributed by atoms with Crippen LogP contribution in [-0.2, 0) is 16.8 Å². The average molecular weight is 449 g/mol. The van der Waals surface area contributed by atoms with Crippen LogP contribution in [-0.4, -0.2) is 72.6 Å². The van der Waals surface area contributed by atoms with Crippen LogP contribution < -0.4 is 10.1 Å². The van der Waals surface area contributed by atoms with Gasteiger partial charge in [-0.05, 0) is 48.9 Å². The molecule has 7 nitrogen and oxygen atoms in total. The first-order chi connectivity index (χ1) is 16.2. The molecule has 0 saturated carbocycles. The summed E-state index contributed by atoms with van der Waals surface area (Å²) < 4.78 is 5.81. The monoisotopic (exact) mass is 448 g/mol. The van der Waals surface area contributed by atoms with Crippen molar-refractivity contribution in [2.45, 2.75) is 31.2 Å². The Morgan fingerprint density at radius 1 is 0.879 bits per heavy atom. The molecule has 174 valence electrons. The number of hydrogen-bond donors (Lipinski definition) is 1. The number of rotatable bonds is 6. The van der Waals surface area contributed by atoms with Crippen LogP contribution in [0.1, 0.15) is 30.4 Å². The van der Waals surface area contributed by atoms with E-state index in [1.807, 2.05) is 48.5 Å². The number of carbonyl (C=O) groups is 2. The molecule has 0 radical (unpaired) electrons. The van der Waals surface area contributed by atoms with Gasteiger partial charge < -0.3 is 10.1 Å². The van der Waals surface area contributed by atoms with E-state index in [4.69, 9.17) is 4.74 Å². The third-order valence-electron chi connectivity index (χ3n) is 7.13. The van der Waals surface area contributed by atoms with Crippen LogP contribution >= 0.6 is 0 Å². The van der Waals surface area contributed by atoms with Gasteiger partial charge in [0, 0.05) is 32.7 Å². The predicted octanol–water partition coefficient (Wildman–Crippen LogP) is 2.81. The van der Waals surface area contributed by atoms with E-state index < -0.39 is 5.54 Å². The summed E-state index contributed by atoms with van der Waals surface area (Å²) in [7, 11) is 0. The van der Waals surface area contributed by atoms with E-state index in [-0.39, 0.29) is 11.9 Å². The number of nitrogens with zero attached hydrogens (tertiary/aromatic N) is 3. The molecule has 2 saturated heterocycles. The summed E-state index contributed by atoms with van der Waals surface area (Å²) in [5.41, 5.74) is 1.25. The largest absolute Gasteiger partial charge is 0.492 e. The third kappa shape index (κ3) is 4.48. The molecule has 2 heterocycles. The fraction of sp³-hybridized carbons (Fsp3) is 0.462. The Kier molecular flexibility index (Phi) is 6.33. The zero-order valence-electron chi connectivity index (χ0n) is 19.0. The van der Waals surface area contributed by atoms with Gasteiger partial charge in [0.05, 0.1) is 6.67 Å². The molecular formula is C26H32N4O3. The van der Waals surface area contributed by atoms with E-state index >= 15 is 0 Å². The summed E-state index contributed by atoms with van der Waals surface area (Å²) in [4.78, 5) is 32.5.